The molecule has 1 heterocycles. The summed E-state index contributed by atoms with van der Waals surface area (Å²) in [6.07, 6.45) is 1.22. The number of nitrogens with zero attached hydrogens (tertiary/aromatic N) is 1. The Morgan fingerprint density at radius 2 is 1.67 bits per heavy atom. The van der Waals surface area contributed by atoms with Gasteiger partial charge < -0.3 is 9.64 Å². The van der Waals surface area contributed by atoms with Gasteiger partial charge in [0.15, 0.2) is 11.4 Å². The molecule has 0 aromatic heterocycles. The molecule has 5 heteroatoms. The fraction of sp³-hybridized carbons (Fsp3) is 0.800. The average molecular weight is 236 g/mol. The summed E-state index contributed by atoms with van der Waals surface area (Å²) in [7, 11) is 2.00. The minimum absolute atomic E-state index is 0. The summed E-state index contributed by atoms with van der Waals surface area (Å²) in [6, 6.07) is 0. The maximum Gasteiger partial charge on any atom is 0.303 e. The number of ether oxygens (including phenoxy) is 1. The number of piperidine rings is 1. The van der Waals surface area contributed by atoms with Gasteiger partial charge in [-0.25, -0.2) is 0 Å². The van der Waals surface area contributed by atoms with Crippen LogP contribution in [0.15, 0.2) is 0 Å². The first-order valence-corrected chi connectivity index (χ1v) is 4.85. The highest BCUT2D eigenvalue weighted by Gasteiger charge is 2.41. The van der Waals surface area contributed by atoms with Crippen molar-refractivity contribution in [2.75, 3.05) is 20.1 Å². The summed E-state index contributed by atoms with van der Waals surface area (Å²) in [6.45, 7) is 4.44. The molecule has 0 radical (unpaired) electrons. The fourth-order valence-electron chi connectivity index (χ4n) is 1.78. The molecule has 0 spiro atoms. The first-order valence-electron chi connectivity index (χ1n) is 4.85. The zero-order valence-electron chi connectivity index (χ0n) is 9.41. The molecule has 0 aliphatic carbocycles. The molecule has 0 atom stereocenters. The van der Waals surface area contributed by atoms with Crippen LogP contribution in [-0.4, -0.2) is 42.4 Å². The lowest BCUT2D eigenvalue weighted by molar-refractivity contribution is -0.169. The summed E-state index contributed by atoms with van der Waals surface area (Å²) in [5.74, 6) is -0.412. The van der Waals surface area contributed by atoms with Crippen LogP contribution in [0.5, 0.6) is 0 Å². The first-order chi connectivity index (χ1) is 6.46. The van der Waals surface area contributed by atoms with Crippen molar-refractivity contribution in [3.63, 3.8) is 0 Å². The smallest absolute Gasteiger partial charge is 0.303 e. The molecule has 0 saturated carbocycles. The predicted octanol–water partition coefficient (Wildman–Crippen LogP) is 1.02. The van der Waals surface area contributed by atoms with Gasteiger partial charge in [-0.1, -0.05) is 0 Å². The lowest BCUT2D eigenvalue weighted by Gasteiger charge is -2.37. The van der Waals surface area contributed by atoms with Crippen molar-refractivity contribution in [2.45, 2.75) is 32.3 Å². The number of carbonyl (C=O) groups excluding carboxylic acids is 2. The minimum atomic E-state index is -0.849. The number of carbonyl (C=O) groups is 2. The van der Waals surface area contributed by atoms with Gasteiger partial charge in [0.05, 0.1) is 0 Å². The van der Waals surface area contributed by atoms with E-state index in [0.717, 1.165) is 13.1 Å². The van der Waals surface area contributed by atoms with E-state index < -0.39 is 5.60 Å². The van der Waals surface area contributed by atoms with E-state index in [9.17, 15) is 9.59 Å². The van der Waals surface area contributed by atoms with E-state index >= 15 is 0 Å². The molecule has 0 N–H and O–H groups in total. The molecule has 0 aromatic rings. The maximum absolute atomic E-state index is 11.5. The largest absolute Gasteiger partial charge is 0.451 e. The van der Waals surface area contributed by atoms with Crippen molar-refractivity contribution in [3.8, 4) is 0 Å². The average Bonchev–Trinajstić information content (AvgIpc) is 2.08. The lowest BCUT2D eigenvalue weighted by Crippen LogP contribution is -2.50. The van der Waals surface area contributed by atoms with Gasteiger partial charge in [0.2, 0.25) is 0 Å². The minimum Gasteiger partial charge on any atom is -0.451 e. The Kier molecular flexibility index (Phi) is 5.24. The number of ketones is 1. The van der Waals surface area contributed by atoms with Crippen LogP contribution in [0.4, 0.5) is 0 Å². The molecule has 1 rings (SSSR count). The van der Waals surface area contributed by atoms with Gasteiger partial charge in [-0.2, -0.15) is 0 Å². The van der Waals surface area contributed by atoms with E-state index in [1.54, 1.807) is 0 Å². The molecule has 1 saturated heterocycles. The summed E-state index contributed by atoms with van der Waals surface area (Å²) < 4.78 is 5.17. The summed E-state index contributed by atoms with van der Waals surface area (Å²) in [5, 5.41) is 0. The van der Waals surface area contributed by atoms with Crippen LogP contribution >= 0.6 is 12.4 Å². The van der Waals surface area contributed by atoms with E-state index in [1.165, 1.54) is 13.8 Å². The van der Waals surface area contributed by atoms with E-state index in [2.05, 4.69) is 4.90 Å². The molecule has 0 bridgehead atoms. The molecule has 1 aliphatic heterocycles. The molecule has 4 nitrogen and oxygen atoms in total. The second-order valence-corrected chi connectivity index (χ2v) is 3.95. The van der Waals surface area contributed by atoms with Crippen molar-refractivity contribution in [3.05, 3.63) is 0 Å². The molecule has 0 amide bonds. The van der Waals surface area contributed by atoms with Gasteiger partial charge in [-0.3, -0.25) is 9.59 Å². The van der Waals surface area contributed by atoms with Crippen molar-refractivity contribution in [1.29, 1.82) is 0 Å². The highest BCUT2D eigenvalue weighted by atomic mass is 35.5. The highest BCUT2D eigenvalue weighted by Crippen LogP contribution is 2.27. The van der Waals surface area contributed by atoms with Gasteiger partial charge in [0.1, 0.15) is 0 Å². The van der Waals surface area contributed by atoms with E-state index in [1.807, 2.05) is 7.05 Å². The van der Waals surface area contributed by atoms with Crippen molar-refractivity contribution in [1.82, 2.24) is 4.90 Å². The zero-order valence-corrected chi connectivity index (χ0v) is 10.2. The number of Topliss-reactive ketones (excluding diaryl/α,β-unsaturated/α-hetero) is 1. The quantitative estimate of drug-likeness (QED) is 0.671. The monoisotopic (exact) mass is 235 g/mol. The van der Waals surface area contributed by atoms with Gasteiger partial charge in [0, 0.05) is 32.9 Å². The van der Waals surface area contributed by atoms with Crippen LogP contribution in [0.25, 0.3) is 0 Å². The number of hydrogen-bond donors (Lipinski definition) is 0. The Hall–Kier alpha value is -0.610. The molecule has 88 valence electrons. The van der Waals surface area contributed by atoms with Gasteiger partial charge >= 0.3 is 5.97 Å². The number of hydrogen-bond acceptors (Lipinski definition) is 4. The lowest BCUT2D eigenvalue weighted by atomic mass is 9.87. The number of esters is 1. The Labute approximate surface area is 96.4 Å². The van der Waals surface area contributed by atoms with Crippen molar-refractivity contribution >= 4 is 24.2 Å². The van der Waals surface area contributed by atoms with Crippen LogP contribution in [-0.2, 0) is 14.3 Å². The van der Waals surface area contributed by atoms with Crippen LogP contribution in [0, 0.1) is 0 Å². The Balaban J connectivity index is 0.00000196. The highest BCUT2D eigenvalue weighted by molar-refractivity contribution is 5.87. The van der Waals surface area contributed by atoms with Gasteiger partial charge in [-0.15, -0.1) is 12.4 Å². The van der Waals surface area contributed by atoms with Gasteiger partial charge in [0.25, 0.3) is 0 Å². The first kappa shape index (κ1) is 14.4. The third-order valence-electron chi connectivity index (χ3n) is 2.78. The van der Waals surface area contributed by atoms with Crippen molar-refractivity contribution < 1.29 is 14.3 Å². The van der Waals surface area contributed by atoms with E-state index in [-0.39, 0.29) is 24.2 Å². The zero-order chi connectivity index (χ0) is 10.8. The molecule has 1 fully saturated rings. The molecule has 1 aliphatic rings. The predicted molar refractivity (Wildman–Crippen MR) is 59.2 cm³/mol. The number of likely N-dealkylation sites (tertiary alicyclic amines) is 1. The number of rotatable bonds is 2. The van der Waals surface area contributed by atoms with E-state index in [4.69, 9.17) is 4.74 Å². The normalized spacial score (nSPS) is 20.2. The molecule has 0 aromatic carbocycles. The Morgan fingerprint density at radius 3 is 2.00 bits per heavy atom. The Bertz CT molecular complexity index is 247. The fourth-order valence-corrected chi connectivity index (χ4v) is 1.78. The van der Waals surface area contributed by atoms with E-state index in [0.29, 0.717) is 12.8 Å². The third kappa shape index (κ3) is 3.47. The maximum atomic E-state index is 11.5. The van der Waals surface area contributed by atoms with Crippen LogP contribution < -0.4 is 0 Å². The van der Waals surface area contributed by atoms with Gasteiger partial charge in [-0.05, 0) is 14.0 Å². The van der Waals surface area contributed by atoms with Crippen LogP contribution in [0.3, 0.4) is 0 Å². The second-order valence-electron chi connectivity index (χ2n) is 3.95. The summed E-state index contributed by atoms with van der Waals surface area (Å²) >= 11 is 0. The summed E-state index contributed by atoms with van der Waals surface area (Å²) in [4.78, 5) is 24.5. The molecular formula is C10H18ClNO3. The van der Waals surface area contributed by atoms with Crippen molar-refractivity contribution in [2.24, 2.45) is 0 Å². The SMILES string of the molecule is CC(=O)OC1(C(C)=O)CCN(C)CC1.Cl. The molecule has 0 unspecified atom stereocenters. The van der Waals surface area contributed by atoms with Crippen LogP contribution in [0.1, 0.15) is 26.7 Å². The molecular weight excluding hydrogens is 218 g/mol. The topological polar surface area (TPSA) is 46.6 Å². The molecule has 15 heavy (non-hydrogen) atoms. The van der Waals surface area contributed by atoms with Crippen LogP contribution in [0.2, 0.25) is 0 Å². The summed E-state index contributed by atoms with van der Waals surface area (Å²) in [5.41, 5.74) is -0.849. The Morgan fingerprint density at radius 1 is 1.20 bits per heavy atom. The standard InChI is InChI=1S/C10H17NO3.ClH/c1-8(12)10(14-9(2)13)4-6-11(3)7-5-10;/h4-7H2,1-3H3;1H. The third-order valence-corrected chi connectivity index (χ3v) is 2.78. The number of halogens is 1. The second kappa shape index (κ2) is 5.47.